The third-order valence-electron chi connectivity index (χ3n) is 6.10. The van der Waals surface area contributed by atoms with Gasteiger partial charge in [-0.15, -0.1) is 0 Å². The third kappa shape index (κ3) is 3.80. The number of anilines is 2. The second-order valence-corrected chi connectivity index (χ2v) is 8.95. The van der Waals surface area contributed by atoms with Crippen LogP contribution in [0.3, 0.4) is 0 Å². The van der Waals surface area contributed by atoms with Crippen LogP contribution in [0.25, 0.3) is 21.9 Å². The van der Waals surface area contributed by atoms with Gasteiger partial charge >= 0.3 is 0 Å². The molecule has 1 aromatic carbocycles. The van der Waals surface area contributed by atoms with Gasteiger partial charge in [0.25, 0.3) is 0 Å². The van der Waals surface area contributed by atoms with Crippen LogP contribution in [-0.2, 0) is 16.1 Å². The second-order valence-electron chi connectivity index (χ2n) is 8.14. The number of nitrogen functional groups attached to an aromatic ring is 1. The fourth-order valence-electron chi connectivity index (χ4n) is 4.61. The van der Waals surface area contributed by atoms with Crippen molar-refractivity contribution in [3.63, 3.8) is 0 Å². The zero-order valence-electron chi connectivity index (χ0n) is 17.9. The summed E-state index contributed by atoms with van der Waals surface area (Å²) in [5.74, 6) is 0.417. The molecule has 1 aliphatic rings. The van der Waals surface area contributed by atoms with Crippen molar-refractivity contribution in [3.05, 3.63) is 53.4 Å². The van der Waals surface area contributed by atoms with Crippen LogP contribution in [0.2, 0.25) is 0 Å². The molecule has 1 saturated heterocycles. The van der Waals surface area contributed by atoms with Crippen molar-refractivity contribution < 1.29 is 9.59 Å². The van der Waals surface area contributed by atoms with Gasteiger partial charge < -0.3 is 20.5 Å². The zero-order chi connectivity index (χ0) is 23.1. The lowest BCUT2D eigenvalue weighted by atomic mass is 10.2. The molecule has 0 unspecified atom stereocenters. The molecule has 4 aromatic rings. The summed E-state index contributed by atoms with van der Waals surface area (Å²) in [4.78, 5) is 41.1. The first kappa shape index (κ1) is 21.3. The van der Waals surface area contributed by atoms with E-state index in [1.165, 1.54) is 6.33 Å². The van der Waals surface area contributed by atoms with Crippen molar-refractivity contribution in [1.82, 2.24) is 24.4 Å². The van der Waals surface area contributed by atoms with Gasteiger partial charge in [-0.25, -0.2) is 15.0 Å². The van der Waals surface area contributed by atoms with Gasteiger partial charge in [-0.3, -0.25) is 9.59 Å². The molecule has 0 radical (unpaired) electrons. The Morgan fingerprint density at radius 1 is 1.15 bits per heavy atom. The molecule has 168 valence electrons. The minimum atomic E-state index is -0.568. The molecule has 5 rings (SSSR count). The summed E-state index contributed by atoms with van der Waals surface area (Å²) >= 11 is 3.31. The van der Waals surface area contributed by atoms with E-state index >= 15 is 0 Å². The molecule has 10 heteroatoms. The predicted octanol–water partition coefficient (Wildman–Crippen LogP) is 3.34. The maximum absolute atomic E-state index is 13.5. The maximum atomic E-state index is 13.5. The largest absolute Gasteiger partial charge is 0.383 e. The molecular formula is C23H22BrN7O2. The number of benzene rings is 1. The molecule has 2 atom stereocenters. The fourth-order valence-corrected chi connectivity index (χ4v) is 4.96. The van der Waals surface area contributed by atoms with Crippen molar-refractivity contribution in [2.45, 2.75) is 38.4 Å². The summed E-state index contributed by atoms with van der Waals surface area (Å²) < 4.78 is 2.47. The Kier molecular flexibility index (Phi) is 5.45. The number of nitrogens with one attached hydrogen (secondary N) is 1. The number of para-hydroxylation sites is 1. The monoisotopic (exact) mass is 507 g/mol. The number of nitrogens with two attached hydrogens (primary N) is 1. The van der Waals surface area contributed by atoms with E-state index in [0.717, 1.165) is 22.7 Å². The highest BCUT2D eigenvalue weighted by molar-refractivity contribution is 9.10. The van der Waals surface area contributed by atoms with Crippen LogP contribution < -0.4 is 11.1 Å². The number of halogens is 1. The number of fused-ring (bicyclic) bond motifs is 3. The summed E-state index contributed by atoms with van der Waals surface area (Å²) in [6, 6.07) is 12.4. The Labute approximate surface area is 198 Å². The summed E-state index contributed by atoms with van der Waals surface area (Å²) in [5, 5.41) is 4.46. The molecule has 4 heterocycles. The maximum Gasteiger partial charge on any atom is 0.248 e. The molecule has 1 fully saturated rings. The molecule has 3 N–H and O–H groups in total. The van der Waals surface area contributed by atoms with E-state index in [2.05, 4.69) is 36.2 Å². The van der Waals surface area contributed by atoms with E-state index < -0.39 is 6.04 Å². The van der Waals surface area contributed by atoms with E-state index in [0.29, 0.717) is 28.3 Å². The lowest BCUT2D eigenvalue weighted by Crippen LogP contribution is -2.47. The zero-order valence-corrected chi connectivity index (χ0v) is 19.5. The Hall–Kier alpha value is -3.53. The minimum absolute atomic E-state index is 0.0454. The Balaban J connectivity index is 1.45. The van der Waals surface area contributed by atoms with Gasteiger partial charge in [0, 0.05) is 11.4 Å². The van der Waals surface area contributed by atoms with Crippen LogP contribution in [0.4, 0.5) is 11.6 Å². The van der Waals surface area contributed by atoms with Gasteiger partial charge in [0.1, 0.15) is 40.8 Å². The van der Waals surface area contributed by atoms with Crippen LogP contribution in [0, 0.1) is 0 Å². The number of likely N-dealkylation sites (tertiary alicyclic amines) is 1. The number of aromatic nitrogens is 4. The number of carbonyl (C=O) groups is 2. The van der Waals surface area contributed by atoms with Crippen molar-refractivity contribution in [3.8, 4) is 0 Å². The van der Waals surface area contributed by atoms with Gasteiger partial charge in [-0.1, -0.05) is 24.3 Å². The van der Waals surface area contributed by atoms with Crippen molar-refractivity contribution >= 4 is 61.3 Å². The molecule has 0 bridgehead atoms. The average molecular weight is 508 g/mol. The van der Waals surface area contributed by atoms with E-state index in [4.69, 9.17) is 5.73 Å². The van der Waals surface area contributed by atoms with Crippen molar-refractivity contribution in [1.29, 1.82) is 0 Å². The molecule has 2 amide bonds. The average Bonchev–Trinajstić information content (AvgIpc) is 3.33. The fraction of sp³-hybridized carbons (Fsp3) is 0.261. The lowest BCUT2D eigenvalue weighted by Gasteiger charge is -2.28. The van der Waals surface area contributed by atoms with Crippen LogP contribution in [-0.4, -0.2) is 48.3 Å². The number of amides is 2. The van der Waals surface area contributed by atoms with Gasteiger partial charge in [-0.2, -0.15) is 0 Å². The van der Waals surface area contributed by atoms with E-state index in [-0.39, 0.29) is 24.4 Å². The molecule has 0 spiro atoms. The Morgan fingerprint density at radius 3 is 2.79 bits per heavy atom. The lowest BCUT2D eigenvalue weighted by molar-refractivity contribution is -0.138. The molecule has 0 saturated carbocycles. The highest BCUT2D eigenvalue weighted by Gasteiger charge is 2.39. The quantitative estimate of drug-likeness (QED) is 0.408. The topological polar surface area (TPSA) is 119 Å². The van der Waals surface area contributed by atoms with Gasteiger partial charge in [0.2, 0.25) is 11.8 Å². The van der Waals surface area contributed by atoms with E-state index in [9.17, 15) is 9.59 Å². The molecule has 33 heavy (non-hydrogen) atoms. The number of hydrogen-bond donors (Lipinski definition) is 2. The van der Waals surface area contributed by atoms with Gasteiger partial charge in [-0.05, 0) is 53.9 Å². The van der Waals surface area contributed by atoms with Crippen molar-refractivity contribution in [2.75, 3.05) is 11.1 Å². The SMILES string of the molecule is C[C@@H]1CC[C@@H](C(=O)Nc2cccc(Br)n2)N1C(=O)Cn1c2ccccc2c2c(N)ncnc21. The first-order valence-corrected chi connectivity index (χ1v) is 11.5. The van der Waals surface area contributed by atoms with Crippen LogP contribution >= 0.6 is 15.9 Å². The first-order valence-electron chi connectivity index (χ1n) is 10.7. The van der Waals surface area contributed by atoms with Crippen molar-refractivity contribution in [2.24, 2.45) is 0 Å². The summed E-state index contributed by atoms with van der Waals surface area (Å²) in [7, 11) is 0. The highest BCUT2D eigenvalue weighted by atomic mass is 79.9. The molecule has 1 aliphatic heterocycles. The summed E-state index contributed by atoms with van der Waals surface area (Å²) in [6.07, 6.45) is 2.74. The number of rotatable bonds is 4. The summed E-state index contributed by atoms with van der Waals surface area (Å²) in [6.45, 7) is 2.01. The molecule has 0 aliphatic carbocycles. The first-order chi connectivity index (χ1) is 15.9. The Bertz CT molecular complexity index is 1390. The second kappa shape index (κ2) is 8.43. The van der Waals surface area contributed by atoms with Gasteiger partial charge in [0.15, 0.2) is 0 Å². The summed E-state index contributed by atoms with van der Waals surface area (Å²) in [5.41, 5.74) is 7.58. The van der Waals surface area contributed by atoms with Crippen LogP contribution in [0.1, 0.15) is 19.8 Å². The highest BCUT2D eigenvalue weighted by Crippen LogP contribution is 2.32. The smallest absolute Gasteiger partial charge is 0.248 e. The van der Waals surface area contributed by atoms with E-state index in [1.54, 1.807) is 23.1 Å². The third-order valence-corrected chi connectivity index (χ3v) is 6.54. The predicted molar refractivity (Wildman–Crippen MR) is 129 cm³/mol. The molecular weight excluding hydrogens is 486 g/mol. The number of nitrogens with zero attached hydrogens (tertiary/aromatic N) is 5. The number of carbonyl (C=O) groups excluding carboxylic acids is 2. The number of pyridine rings is 1. The van der Waals surface area contributed by atoms with Crippen LogP contribution in [0.15, 0.2) is 53.4 Å². The minimum Gasteiger partial charge on any atom is -0.383 e. The normalized spacial score (nSPS) is 18.2. The Morgan fingerprint density at radius 2 is 1.97 bits per heavy atom. The standard InChI is InChI=1S/C23H22BrN7O2/c1-13-9-10-16(23(33)29-18-8-4-7-17(24)28-18)31(13)19(32)11-30-15-6-3-2-5-14(15)20-21(25)26-12-27-22(20)30/h2-8,12-13,16H,9-11H2,1H3,(H2,25,26,27)(H,28,29,33)/t13-,16+/m1/s1. The molecule has 9 nitrogen and oxygen atoms in total. The van der Waals surface area contributed by atoms with Gasteiger partial charge in [0.05, 0.1) is 10.9 Å². The molecule has 3 aromatic heterocycles. The van der Waals surface area contributed by atoms with E-state index in [1.807, 2.05) is 35.8 Å². The van der Waals surface area contributed by atoms with Crippen LogP contribution in [0.5, 0.6) is 0 Å². The number of hydrogen-bond acceptors (Lipinski definition) is 6.